The summed E-state index contributed by atoms with van der Waals surface area (Å²) in [7, 11) is 5.07. The fourth-order valence-corrected chi connectivity index (χ4v) is 2.87. The van der Waals surface area contributed by atoms with E-state index in [1.165, 1.54) is 6.08 Å². The molecule has 1 unspecified atom stereocenters. The van der Waals surface area contributed by atoms with Crippen LogP contribution in [0.25, 0.3) is 6.08 Å². The molecule has 0 aliphatic heterocycles. The SMILES string of the molecule is COc1cc(OC)cc(C(NC(=O)/C=C/c2ccccc2)c2nccn2C)c1. The molecule has 144 valence electrons. The van der Waals surface area contributed by atoms with Crippen LogP contribution in [0.4, 0.5) is 0 Å². The van der Waals surface area contributed by atoms with Crippen molar-refractivity contribution < 1.29 is 14.3 Å². The molecule has 0 saturated heterocycles. The van der Waals surface area contributed by atoms with Crippen LogP contribution >= 0.6 is 0 Å². The normalized spacial score (nSPS) is 12.0. The van der Waals surface area contributed by atoms with Crippen LogP contribution in [-0.4, -0.2) is 29.7 Å². The molecule has 0 spiro atoms. The van der Waals surface area contributed by atoms with Gasteiger partial charge >= 0.3 is 0 Å². The molecule has 3 rings (SSSR count). The van der Waals surface area contributed by atoms with Crippen molar-refractivity contribution in [1.82, 2.24) is 14.9 Å². The third-order valence-electron chi connectivity index (χ3n) is 4.34. The molecule has 0 aliphatic carbocycles. The predicted molar refractivity (Wildman–Crippen MR) is 108 cm³/mol. The van der Waals surface area contributed by atoms with Crippen molar-refractivity contribution in [3.63, 3.8) is 0 Å². The highest BCUT2D eigenvalue weighted by molar-refractivity contribution is 5.92. The molecule has 6 heteroatoms. The second kappa shape index (κ2) is 8.90. The molecule has 0 bridgehead atoms. The smallest absolute Gasteiger partial charge is 0.244 e. The minimum atomic E-state index is -0.461. The lowest BCUT2D eigenvalue weighted by Crippen LogP contribution is -2.29. The van der Waals surface area contributed by atoms with Gasteiger partial charge in [-0.15, -0.1) is 0 Å². The number of nitrogens with one attached hydrogen (secondary N) is 1. The van der Waals surface area contributed by atoms with Gasteiger partial charge in [0.2, 0.25) is 5.91 Å². The average Bonchev–Trinajstić information content (AvgIpc) is 3.16. The van der Waals surface area contributed by atoms with Crippen LogP contribution in [0.2, 0.25) is 0 Å². The third kappa shape index (κ3) is 4.59. The maximum atomic E-state index is 12.6. The number of aromatic nitrogens is 2. The first-order chi connectivity index (χ1) is 13.6. The number of benzene rings is 2. The molecule has 0 saturated carbocycles. The molecule has 6 nitrogen and oxygen atoms in total. The Hall–Kier alpha value is -3.54. The van der Waals surface area contributed by atoms with E-state index in [0.29, 0.717) is 17.3 Å². The molecule has 1 atom stereocenters. The van der Waals surface area contributed by atoms with E-state index in [4.69, 9.17) is 9.47 Å². The summed E-state index contributed by atoms with van der Waals surface area (Å²) in [5.41, 5.74) is 1.77. The van der Waals surface area contributed by atoms with Crippen LogP contribution in [-0.2, 0) is 11.8 Å². The number of hydrogen-bond acceptors (Lipinski definition) is 4. The molecule has 1 N–H and O–H groups in total. The maximum Gasteiger partial charge on any atom is 0.244 e. The van der Waals surface area contributed by atoms with Crippen molar-refractivity contribution >= 4 is 12.0 Å². The Balaban J connectivity index is 1.91. The van der Waals surface area contributed by atoms with Crippen LogP contribution in [0.3, 0.4) is 0 Å². The van der Waals surface area contributed by atoms with Gasteiger partial charge < -0.3 is 19.4 Å². The zero-order valence-electron chi connectivity index (χ0n) is 16.1. The van der Waals surface area contributed by atoms with Gasteiger partial charge in [-0.05, 0) is 29.3 Å². The summed E-state index contributed by atoms with van der Waals surface area (Å²) in [5, 5.41) is 3.03. The highest BCUT2D eigenvalue weighted by Gasteiger charge is 2.21. The zero-order chi connectivity index (χ0) is 19.9. The van der Waals surface area contributed by atoms with Crippen molar-refractivity contribution in [3.05, 3.63) is 84.0 Å². The van der Waals surface area contributed by atoms with Gasteiger partial charge in [0.1, 0.15) is 23.4 Å². The molecule has 1 aromatic heterocycles. The van der Waals surface area contributed by atoms with E-state index in [2.05, 4.69) is 10.3 Å². The summed E-state index contributed by atoms with van der Waals surface area (Å²) in [6, 6.07) is 14.7. The van der Waals surface area contributed by atoms with Crippen molar-refractivity contribution in [1.29, 1.82) is 0 Å². The maximum absolute atomic E-state index is 12.6. The molecule has 3 aromatic rings. The number of imidazole rings is 1. The van der Waals surface area contributed by atoms with Crippen LogP contribution in [0.15, 0.2) is 67.0 Å². The average molecular weight is 377 g/mol. The Labute approximate surface area is 164 Å². The number of rotatable bonds is 7. The summed E-state index contributed by atoms with van der Waals surface area (Å²) in [5.74, 6) is 1.76. The number of nitrogens with zero attached hydrogens (tertiary/aromatic N) is 2. The largest absolute Gasteiger partial charge is 0.497 e. The highest BCUT2D eigenvalue weighted by atomic mass is 16.5. The lowest BCUT2D eigenvalue weighted by Gasteiger charge is -2.20. The van der Waals surface area contributed by atoms with E-state index in [1.807, 2.05) is 60.3 Å². The molecular formula is C22H23N3O3. The van der Waals surface area contributed by atoms with Crippen LogP contribution < -0.4 is 14.8 Å². The number of carbonyl (C=O) groups is 1. The second-order valence-electron chi connectivity index (χ2n) is 6.23. The Morgan fingerprint density at radius 1 is 1.11 bits per heavy atom. The van der Waals surface area contributed by atoms with Gasteiger partial charge in [0.25, 0.3) is 0 Å². The van der Waals surface area contributed by atoms with Crippen LogP contribution in [0.1, 0.15) is 23.0 Å². The topological polar surface area (TPSA) is 65.4 Å². The van der Waals surface area contributed by atoms with E-state index in [1.54, 1.807) is 32.6 Å². The van der Waals surface area contributed by atoms with Gasteiger partial charge in [-0.3, -0.25) is 4.79 Å². The highest BCUT2D eigenvalue weighted by Crippen LogP contribution is 2.29. The number of amides is 1. The molecule has 0 radical (unpaired) electrons. The number of methoxy groups -OCH3 is 2. The van der Waals surface area contributed by atoms with E-state index < -0.39 is 6.04 Å². The zero-order valence-corrected chi connectivity index (χ0v) is 16.1. The van der Waals surface area contributed by atoms with Gasteiger partial charge in [0, 0.05) is 31.6 Å². The van der Waals surface area contributed by atoms with Gasteiger partial charge in [0.15, 0.2) is 0 Å². The number of aryl methyl sites for hydroxylation is 1. The predicted octanol–water partition coefficient (Wildman–Crippen LogP) is 3.36. The number of hydrogen-bond donors (Lipinski definition) is 1. The van der Waals surface area contributed by atoms with E-state index >= 15 is 0 Å². The van der Waals surface area contributed by atoms with Gasteiger partial charge in [0.05, 0.1) is 14.2 Å². The van der Waals surface area contributed by atoms with Crippen molar-refractivity contribution in [2.75, 3.05) is 14.2 Å². The van der Waals surface area contributed by atoms with Crippen molar-refractivity contribution in [2.24, 2.45) is 7.05 Å². The Morgan fingerprint density at radius 3 is 2.36 bits per heavy atom. The van der Waals surface area contributed by atoms with Gasteiger partial charge in [-0.25, -0.2) is 4.98 Å². The summed E-state index contributed by atoms with van der Waals surface area (Å²) in [6.45, 7) is 0. The number of carbonyl (C=O) groups excluding carboxylic acids is 1. The lowest BCUT2D eigenvalue weighted by atomic mass is 10.0. The van der Waals surface area contributed by atoms with E-state index in [9.17, 15) is 4.79 Å². The first-order valence-corrected chi connectivity index (χ1v) is 8.84. The lowest BCUT2D eigenvalue weighted by molar-refractivity contribution is -0.117. The molecule has 0 fully saturated rings. The first-order valence-electron chi connectivity index (χ1n) is 8.84. The third-order valence-corrected chi connectivity index (χ3v) is 4.34. The molecule has 1 amide bonds. The van der Waals surface area contributed by atoms with Crippen molar-refractivity contribution in [2.45, 2.75) is 6.04 Å². The van der Waals surface area contributed by atoms with E-state index in [-0.39, 0.29) is 5.91 Å². The minimum absolute atomic E-state index is 0.223. The second-order valence-corrected chi connectivity index (χ2v) is 6.23. The standard InChI is InChI=1S/C22H23N3O3/c1-25-12-11-23-22(25)21(17-13-18(27-2)15-19(14-17)28-3)24-20(26)10-9-16-7-5-4-6-8-16/h4-15,21H,1-3H3,(H,24,26)/b10-9+. The Bertz CT molecular complexity index is 942. The van der Waals surface area contributed by atoms with Crippen LogP contribution in [0, 0.1) is 0 Å². The number of ether oxygens (including phenoxy) is 2. The molecule has 1 heterocycles. The summed E-state index contributed by atoms with van der Waals surface area (Å²) < 4.78 is 12.6. The summed E-state index contributed by atoms with van der Waals surface area (Å²) in [4.78, 5) is 17.0. The Kier molecular flexibility index (Phi) is 6.11. The molecular weight excluding hydrogens is 354 g/mol. The summed E-state index contributed by atoms with van der Waals surface area (Å²) in [6.07, 6.45) is 6.83. The van der Waals surface area contributed by atoms with Crippen molar-refractivity contribution in [3.8, 4) is 11.5 Å². The first kappa shape index (κ1) is 19.2. The molecule has 2 aromatic carbocycles. The van der Waals surface area contributed by atoms with Gasteiger partial charge in [-0.1, -0.05) is 30.3 Å². The Morgan fingerprint density at radius 2 is 1.79 bits per heavy atom. The minimum Gasteiger partial charge on any atom is -0.497 e. The molecule has 0 aliphatic rings. The van der Waals surface area contributed by atoms with Gasteiger partial charge in [-0.2, -0.15) is 0 Å². The fourth-order valence-electron chi connectivity index (χ4n) is 2.87. The quantitative estimate of drug-likeness (QED) is 0.641. The van der Waals surface area contributed by atoms with E-state index in [0.717, 1.165) is 11.1 Å². The fraction of sp³-hybridized carbons (Fsp3) is 0.182. The monoisotopic (exact) mass is 377 g/mol. The molecule has 28 heavy (non-hydrogen) atoms. The van der Waals surface area contributed by atoms with Crippen LogP contribution in [0.5, 0.6) is 11.5 Å². The summed E-state index contributed by atoms with van der Waals surface area (Å²) >= 11 is 0.